The second-order valence-electron chi connectivity index (χ2n) is 3.67. The van der Waals surface area contributed by atoms with Crippen LogP contribution in [-0.2, 0) is 0 Å². The van der Waals surface area contributed by atoms with Gasteiger partial charge in [-0.15, -0.1) is 10.2 Å². The lowest BCUT2D eigenvalue weighted by atomic mass is 10.3. The number of aromatic amines is 1. The van der Waals surface area contributed by atoms with Crippen molar-refractivity contribution in [3.63, 3.8) is 0 Å². The molecule has 2 aromatic heterocycles. The van der Waals surface area contributed by atoms with E-state index in [1.807, 2.05) is 13.8 Å². The molecule has 17 heavy (non-hydrogen) atoms. The fourth-order valence-corrected chi connectivity index (χ4v) is 1.50. The van der Waals surface area contributed by atoms with E-state index in [0.29, 0.717) is 17.3 Å². The summed E-state index contributed by atoms with van der Waals surface area (Å²) in [5.74, 6) is 0.873. The Morgan fingerprint density at radius 3 is 3.06 bits per heavy atom. The van der Waals surface area contributed by atoms with Gasteiger partial charge in [-0.1, -0.05) is 6.92 Å². The van der Waals surface area contributed by atoms with Gasteiger partial charge in [0.2, 0.25) is 17.3 Å². The van der Waals surface area contributed by atoms with E-state index >= 15 is 0 Å². The van der Waals surface area contributed by atoms with Gasteiger partial charge in [0.15, 0.2) is 0 Å². The van der Waals surface area contributed by atoms with Crippen LogP contribution in [0.4, 0.5) is 0 Å². The van der Waals surface area contributed by atoms with E-state index in [1.165, 1.54) is 6.07 Å². The number of H-pyrrole nitrogens is 1. The van der Waals surface area contributed by atoms with Crippen LogP contribution in [0.1, 0.15) is 25.8 Å². The molecule has 2 N–H and O–H groups in total. The minimum atomic E-state index is -0.193. The van der Waals surface area contributed by atoms with Crippen molar-refractivity contribution < 1.29 is 4.42 Å². The van der Waals surface area contributed by atoms with Gasteiger partial charge in [0.25, 0.3) is 0 Å². The topological polar surface area (TPSA) is 83.8 Å². The molecule has 0 aromatic carbocycles. The fourth-order valence-electron chi connectivity index (χ4n) is 1.50. The van der Waals surface area contributed by atoms with Crippen LogP contribution >= 0.6 is 0 Å². The highest BCUT2D eigenvalue weighted by Gasteiger charge is 2.13. The fraction of sp³-hybridized carbons (Fsp3) is 0.364. The van der Waals surface area contributed by atoms with Crippen LogP contribution in [0.15, 0.2) is 27.5 Å². The molecular weight excluding hydrogens is 220 g/mol. The van der Waals surface area contributed by atoms with E-state index in [-0.39, 0.29) is 11.6 Å². The van der Waals surface area contributed by atoms with Gasteiger partial charge in [0, 0.05) is 17.8 Å². The quantitative estimate of drug-likeness (QED) is 0.827. The smallest absolute Gasteiger partial charge is 0.248 e. The minimum absolute atomic E-state index is 0.00301. The van der Waals surface area contributed by atoms with Gasteiger partial charge >= 0.3 is 0 Å². The number of pyridine rings is 1. The summed E-state index contributed by atoms with van der Waals surface area (Å²) in [4.78, 5) is 13.7. The van der Waals surface area contributed by atoms with Crippen LogP contribution in [0.5, 0.6) is 0 Å². The first-order valence-electron chi connectivity index (χ1n) is 5.46. The van der Waals surface area contributed by atoms with Gasteiger partial charge in [0.05, 0.1) is 6.04 Å². The summed E-state index contributed by atoms with van der Waals surface area (Å²) < 4.78 is 5.50. The van der Waals surface area contributed by atoms with Crippen LogP contribution in [0.25, 0.3) is 11.5 Å². The van der Waals surface area contributed by atoms with Crippen molar-refractivity contribution in [2.45, 2.75) is 19.9 Å². The van der Waals surface area contributed by atoms with Crippen molar-refractivity contribution in [2.24, 2.45) is 0 Å². The third-order valence-electron chi connectivity index (χ3n) is 2.34. The van der Waals surface area contributed by atoms with Crippen molar-refractivity contribution >= 4 is 0 Å². The van der Waals surface area contributed by atoms with E-state index in [2.05, 4.69) is 20.5 Å². The van der Waals surface area contributed by atoms with Gasteiger partial charge < -0.3 is 14.7 Å². The Hall–Kier alpha value is -1.95. The summed E-state index contributed by atoms with van der Waals surface area (Å²) in [5.41, 5.74) is 0.429. The standard InChI is InChI=1S/C11H14N4O2/c1-3-12-7(2)10-14-15-11(17-10)8-4-5-13-9(16)6-8/h4-7,12H,3H2,1-2H3,(H,13,16). The molecule has 2 aromatic rings. The normalized spacial score (nSPS) is 12.6. The maximum Gasteiger partial charge on any atom is 0.248 e. The van der Waals surface area contributed by atoms with Crippen molar-refractivity contribution in [3.05, 3.63) is 34.6 Å². The average molecular weight is 234 g/mol. The zero-order chi connectivity index (χ0) is 12.3. The Morgan fingerprint density at radius 2 is 2.35 bits per heavy atom. The molecule has 0 saturated carbocycles. The predicted octanol–water partition coefficient (Wildman–Crippen LogP) is 1.10. The van der Waals surface area contributed by atoms with Crippen LogP contribution in [0.2, 0.25) is 0 Å². The van der Waals surface area contributed by atoms with Crippen LogP contribution < -0.4 is 10.9 Å². The first-order valence-corrected chi connectivity index (χ1v) is 5.46. The molecule has 0 bridgehead atoms. The second-order valence-corrected chi connectivity index (χ2v) is 3.67. The largest absolute Gasteiger partial charge is 0.419 e. The van der Waals surface area contributed by atoms with Crippen molar-refractivity contribution in [2.75, 3.05) is 6.54 Å². The monoisotopic (exact) mass is 234 g/mol. The van der Waals surface area contributed by atoms with Crippen molar-refractivity contribution in [1.82, 2.24) is 20.5 Å². The highest BCUT2D eigenvalue weighted by atomic mass is 16.4. The third-order valence-corrected chi connectivity index (χ3v) is 2.34. The molecule has 0 amide bonds. The van der Waals surface area contributed by atoms with E-state index in [9.17, 15) is 4.79 Å². The molecule has 0 aliphatic carbocycles. The highest BCUT2D eigenvalue weighted by Crippen LogP contribution is 2.18. The molecule has 0 aliphatic heterocycles. The molecular formula is C11H14N4O2. The molecule has 1 unspecified atom stereocenters. The number of nitrogens with one attached hydrogen (secondary N) is 2. The van der Waals surface area contributed by atoms with Gasteiger partial charge in [-0.25, -0.2) is 0 Å². The SMILES string of the molecule is CCNC(C)c1nnc(-c2cc[nH]c(=O)c2)o1. The molecule has 1 atom stereocenters. The summed E-state index contributed by atoms with van der Waals surface area (Å²) in [6.07, 6.45) is 1.55. The molecule has 2 rings (SSSR count). The molecule has 2 heterocycles. The van der Waals surface area contributed by atoms with Crippen molar-refractivity contribution in [3.8, 4) is 11.5 Å². The van der Waals surface area contributed by atoms with Gasteiger partial charge in [0.1, 0.15) is 0 Å². The van der Waals surface area contributed by atoms with Crippen LogP contribution in [-0.4, -0.2) is 21.7 Å². The molecule has 0 radical (unpaired) electrons. The van der Waals surface area contributed by atoms with Crippen LogP contribution in [0, 0.1) is 0 Å². The Morgan fingerprint density at radius 1 is 1.53 bits per heavy atom. The number of aromatic nitrogens is 3. The Balaban J connectivity index is 2.26. The molecule has 0 aliphatic rings. The predicted molar refractivity (Wildman–Crippen MR) is 62.4 cm³/mol. The maximum absolute atomic E-state index is 11.1. The summed E-state index contributed by atoms with van der Waals surface area (Å²) in [6.45, 7) is 4.77. The summed E-state index contributed by atoms with van der Waals surface area (Å²) in [6, 6.07) is 3.15. The van der Waals surface area contributed by atoms with E-state index in [4.69, 9.17) is 4.42 Å². The van der Waals surface area contributed by atoms with E-state index in [0.717, 1.165) is 6.54 Å². The summed E-state index contributed by atoms with van der Waals surface area (Å²) >= 11 is 0. The molecule has 6 heteroatoms. The Kier molecular flexibility index (Phi) is 3.34. The lowest BCUT2D eigenvalue weighted by Crippen LogP contribution is -2.17. The molecule has 6 nitrogen and oxygen atoms in total. The third kappa shape index (κ3) is 2.59. The van der Waals surface area contributed by atoms with E-state index < -0.39 is 0 Å². The zero-order valence-electron chi connectivity index (χ0n) is 9.73. The number of hydrogen-bond donors (Lipinski definition) is 2. The van der Waals surface area contributed by atoms with E-state index in [1.54, 1.807) is 12.3 Å². The zero-order valence-corrected chi connectivity index (χ0v) is 9.73. The number of hydrogen-bond acceptors (Lipinski definition) is 5. The van der Waals surface area contributed by atoms with Gasteiger partial charge in [-0.2, -0.15) is 0 Å². The average Bonchev–Trinajstić information content (AvgIpc) is 2.78. The molecule has 0 fully saturated rings. The lowest BCUT2D eigenvalue weighted by molar-refractivity contribution is 0.429. The summed E-state index contributed by atoms with van der Waals surface area (Å²) in [7, 11) is 0. The number of rotatable bonds is 4. The van der Waals surface area contributed by atoms with Crippen molar-refractivity contribution in [1.29, 1.82) is 0 Å². The lowest BCUT2D eigenvalue weighted by Gasteiger charge is -2.05. The Labute approximate surface area is 98.1 Å². The summed E-state index contributed by atoms with van der Waals surface area (Å²) in [5, 5.41) is 11.0. The highest BCUT2D eigenvalue weighted by molar-refractivity contribution is 5.50. The first-order chi connectivity index (χ1) is 8.20. The first kappa shape index (κ1) is 11.5. The molecule has 0 spiro atoms. The molecule has 0 saturated heterocycles. The molecule has 90 valence electrons. The number of nitrogens with zero attached hydrogens (tertiary/aromatic N) is 2. The minimum Gasteiger partial charge on any atom is -0.419 e. The second kappa shape index (κ2) is 4.92. The van der Waals surface area contributed by atoms with Gasteiger partial charge in [-0.05, 0) is 19.5 Å². The van der Waals surface area contributed by atoms with Crippen LogP contribution in [0.3, 0.4) is 0 Å². The van der Waals surface area contributed by atoms with Gasteiger partial charge in [-0.3, -0.25) is 4.79 Å². The maximum atomic E-state index is 11.1. The Bertz CT molecular complexity index is 546.